The molecule has 3 heterocycles. The maximum absolute atomic E-state index is 12.3. The average molecular weight is 398 g/mol. The molecule has 0 radical (unpaired) electrons. The van der Waals surface area contributed by atoms with Gasteiger partial charge in [-0.1, -0.05) is 0 Å². The molecule has 2 fully saturated rings. The van der Waals surface area contributed by atoms with Gasteiger partial charge in [-0.15, -0.1) is 0 Å². The van der Waals surface area contributed by atoms with Crippen molar-refractivity contribution in [2.75, 3.05) is 18.1 Å². The van der Waals surface area contributed by atoms with Crippen LogP contribution in [-0.2, 0) is 35.5 Å². The summed E-state index contributed by atoms with van der Waals surface area (Å²) in [5.74, 6) is -1.41. The number of esters is 1. The molecule has 1 aromatic heterocycles. The number of sulfone groups is 1. The maximum Gasteiger partial charge on any atom is 0.312 e. The highest BCUT2D eigenvalue weighted by molar-refractivity contribution is 7.91. The van der Waals surface area contributed by atoms with Crippen LogP contribution in [0.4, 0.5) is 0 Å². The third kappa shape index (κ3) is 4.88. The van der Waals surface area contributed by atoms with Crippen molar-refractivity contribution in [3.8, 4) is 0 Å². The zero-order chi connectivity index (χ0) is 19.6. The molecule has 2 aliphatic rings. The predicted octanol–water partition coefficient (Wildman–Crippen LogP) is -0.137. The van der Waals surface area contributed by atoms with Crippen LogP contribution in [0.5, 0.6) is 0 Å². The Morgan fingerprint density at radius 3 is 2.85 bits per heavy atom. The SMILES string of the molecule is C[C@H](OC(=O)[C@@H]1CC(=O)N(Cc2ccco2)C1)C(=O)N[C@H]1CCS(=O)(=O)C1. The Morgan fingerprint density at radius 2 is 2.22 bits per heavy atom. The molecule has 3 atom stereocenters. The minimum Gasteiger partial charge on any atom is -0.467 e. The van der Waals surface area contributed by atoms with E-state index in [-0.39, 0.29) is 36.9 Å². The molecular formula is C17H22N2O7S. The summed E-state index contributed by atoms with van der Waals surface area (Å²) in [5.41, 5.74) is 0. The van der Waals surface area contributed by atoms with E-state index < -0.39 is 39.8 Å². The van der Waals surface area contributed by atoms with Gasteiger partial charge >= 0.3 is 5.97 Å². The standard InChI is InChI=1S/C17H22N2O7S/c1-11(16(21)18-13-4-6-27(23,24)10-13)26-17(22)12-7-15(20)19(8-12)9-14-3-2-5-25-14/h2-3,5,11-13H,4,6-10H2,1H3,(H,18,21)/t11-,12+,13-/m0/s1. The van der Waals surface area contributed by atoms with Crippen LogP contribution in [-0.4, -0.2) is 61.3 Å². The van der Waals surface area contributed by atoms with Gasteiger partial charge in [0.1, 0.15) is 5.76 Å². The van der Waals surface area contributed by atoms with Crippen molar-refractivity contribution < 1.29 is 32.0 Å². The summed E-state index contributed by atoms with van der Waals surface area (Å²) in [6.45, 7) is 1.91. The van der Waals surface area contributed by atoms with Crippen molar-refractivity contribution in [3.05, 3.63) is 24.2 Å². The van der Waals surface area contributed by atoms with Crippen LogP contribution >= 0.6 is 0 Å². The lowest BCUT2D eigenvalue weighted by Gasteiger charge is -2.18. The van der Waals surface area contributed by atoms with E-state index in [4.69, 9.17) is 9.15 Å². The summed E-state index contributed by atoms with van der Waals surface area (Å²) in [6.07, 6.45) is 0.829. The number of rotatable bonds is 6. The molecular weight excluding hydrogens is 376 g/mol. The van der Waals surface area contributed by atoms with Crippen LogP contribution in [0.3, 0.4) is 0 Å². The fraction of sp³-hybridized carbons (Fsp3) is 0.588. The van der Waals surface area contributed by atoms with E-state index in [0.29, 0.717) is 12.2 Å². The number of nitrogens with one attached hydrogen (secondary N) is 1. The molecule has 3 rings (SSSR count). The van der Waals surface area contributed by atoms with Crippen LogP contribution in [0.25, 0.3) is 0 Å². The van der Waals surface area contributed by atoms with Crippen molar-refractivity contribution in [3.63, 3.8) is 0 Å². The van der Waals surface area contributed by atoms with Gasteiger partial charge in [-0.05, 0) is 25.5 Å². The average Bonchev–Trinajstić information content (AvgIpc) is 3.30. The molecule has 1 aromatic rings. The Balaban J connectivity index is 1.48. The van der Waals surface area contributed by atoms with Crippen molar-refractivity contribution >= 4 is 27.6 Å². The highest BCUT2D eigenvalue weighted by Gasteiger charge is 2.37. The molecule has 2 aliphatic heterocycles. The number of ether oxygens (including phenoxy) is 1. The number of carbonyl (C=O) groups is 3. The second kappa shape index (κ2) is 7.71. The summed E-state index contributed by atoms with van der Waals surface area (Å²) in [4.78, 5) is 38.0. The van der Waals surface area contributed by atoms with Crippen molar-refractivity contribution in [1.82, 2.24) is 10.2 Å². The smallest absolute Gasteiger partial charge is 0.312 e. The molecule has 27 heavy (non-hydrogen) atoms. The van der Waals surface area contributed by atoms with Gasteiger partial charge in [0.15, 0.2) is 15.9 Å². The number of carbonyl (C=O) groups excluding carboxylic acids is 3. The molecule has 9 nitrogen and oxygen atoms in total. The lowest BCUT2D eigenvalue weighted by atomic mass is 10.1. The first kappa shape index (κ1) is 19.4. The van der Waals surface area contributed by atoms with Crippen LogP contribution in [0.2, 0.25) is 0 Å². The fourth-order valence-corrected chi connectivity index (χ4v) is 4.90. The third-order valence-electron chi connectivity index (χ3n) is 4.72. The summed E-state index contributed by atoms with van der Waals surface area (Å²) < 4.78 is 33.3. The molecule has 10 heteroatoms. The monoisotopic (exact) mass is 398 g/mol. The lowest BCUT2D eigenvalue weighted by molar-refractivity contribution is -0.158. The number of furan rings is 1. The third-order valence-corrected chi connectivity index (χ3v) is 6.48. The molecule has 0 saturated carbocycles. The summed E-state index contributed by atoms with van der Waals surface area (Å²) in [7, 11) is -3.11. The molecule has 2 amide bonds. The lowest BCUT2D eigenvalue weighted by Crippen LogP contribution is -2.43. The van der Waals surface area contributed by atoms with Gasteiger partial charge in [-0.2, -0.15) is 0 Å². The molecule has 2 saturated heterocycles. The molecule has 1 N–H and O–H groups in total. The quantitative estimate of drug-likeness (QED) is 0.662. The molecule has 148 valence electrons. The topological polar surface area (TPSA) is 123 Å². The molecule has 0 spiro atoms. The number of nitrogens with zero attached hydrogens (tertiary/aromatic N) is 1. The van der Waals surface area contributed by atoms with E-state index in [0.717, 1.165) is 0 Å². The summed E-state index contributed by atoms with van der Waals surface area (Å²) in [6, 6.07) is 3.01. The van der Waals surface area contributed by atoms with E-state index in [1.54, 1.807) is 12.1 Å². The molecule has 0 bridgehead atoms. The summed E-state index contributed by atoms with van der Waals surface area (Å²) in [5, 5.41) is 2.59. The van der Waals surface area contributed by atoms with E-state index in [1.807, 2.05) is 0 Å². The zero-order valence-electron chi connectivity index (χ0n) is 14.9. The van der Waals surface area contributed by atoms with E-state index in [2.05, 4.69) is 5.32 Å². The Bertz CT molecular complexity index is 818. The van der Waals surface area contributed by atoms with Gasteiger partial charge in [0.25, 0.3) is 5.91 Å². The highest BCUT2D eigenvalue weighted by atomic mass is 32.2. The van der Waals surface area contributed by atoms with Crippen molar-refractivity contribution in [2.24, 2.45) is 5.92 Å². The van der Waals surface area contributed by atoms with Gasteiger partial charge in [-0.3, -0.25) is 14.4 Å². The number of likely N-dealkylation sites (tertiary alicyclic amines) is 1. The second-order valence-corrected chi connectivity index (χ2v) is 9.17. The normalized spacial score (nSPS) is 25.4. The van der Waals surface area contributed by atoms with Gasteiger partial charge in [0.05, 0.1) is 30.2 Å². The van der Waals surface area contributed by atoms with Gasteiger partial charge in [-0.25, -0.2) is 8.42 Å². The zero-order valence-corrected chi connectivity index (χ0v) is 15.7. The Kier molecular flexibility index (Phi) is 5.54. The van der Waals surface area contributed by atoms with Crippen LogP contribution in [0, 0.1) is 5.92 Å². The van der Waals surface area contributed by atoms with E-state index >= 15 is 0 Å². The largest absolute Gasteiger partial charge is 0.467 e. The summed E-state index contributed by atoms with van der Waals surface area (Å²) >= 11 is 0. The number of hydrogen-bond donors (Lipinski definition) is 1. The highest BCUT2D eigenvalue weighted by Crippen LogP contribution is 2.22. The Hall–Kier alpha value is -2.36. The van der Waals surface area contributed by atoms with E-state index in [9.17, 15) is 22.8 Å². The second-order valence-electron chi connectivity index (χ2n) is 6.94. The van der Waals surface area contributed by atoms with Gasteiger partial charge < -0.3 is 19.4 Å². The number of hydrogen-bond acceptors (Lipinski definition) is 7. The van der Waals surface area contributed by atoms with Gasteiger partial charge in [0, 0.05) is 19.0 Å². The first-order chi connectivity index (χ1) is 12.7. The van der Waals surface area contributed by atoms with Crippen molar-refractivity contribution in [2.45, 2.75) is 38.5 Å². The Labute approximate surface area is 156 Å². The van der Waals surface area contributed by atoms with Crippen LogP contribution in [0.1, 0.15) is 25.5 Å². The predicted molar refractivity (Wildman–Crippen MR) is 93.0 cm³/mol. The van der Waals surface area contributed by atoms with Crippen LogP contribution in [0.15, 0.2) is 22.8 Å². The first-order valence-electron chi connectivity index (χ1n) is 8.75. The maximum atomic E-state index is 12.3. The Morgan fingerprint density at radius 1 is 1.44 bits per heavy atom. The van der Waals surface area contributed by atoms with Gasteiger partial charge in [0.2, 0.25) is 5.91 Å². The van der Waals surface area contributed by atoms with Crippen LogP contribution < -0.4 is 5.32 Å². The van der Waals surface area contributed by atoms with E-state index in [1.165, 1.54) is 18.1 Å². The minimum atomic E-state index is -3.11. The number of amides is 2. The fourth-order valence-electron chi connectivity index (χ4n) is 3.22. The minimum absolute atomic E-state index is 0.0226. The molecule has 0 aromatic carbocycles. The van der Waals surface area contributed by atoms with Crippen molar-refractivity contribution in [1.29, 1.82) is 0 Å². The molecule has 0 unspecified atom stereocenters. The molecule has 0 aliphatic carbocycles. The first-order valence-corrected chi connectivity index (χ1v) is 10.6.